The second-order valence-corrected chi connectivity index (χ2v) is 8.08. The Bertz CT molecular complexity index is 978. The van der Waals surface area contributed by atoms with Gasteiger partial charge >= 0.3 is 0 Å². The van der Waals surface area contributed by atoms with Crippen molar-refractivity contribution < 1.29 is 18.9 Å². The number of hydrogen-bond acceptors (Lipinski definition) is 7. The Morgan fingerprint density at radius 2 is 2.14 bits per heavy atom. The second kappa shape index (κ2) is 7.86. The summed E-state index contributed by atoms with van der Waals surface area (Å²) in [4.78, 5) is 25.5. The molecule has 1 aromatic carbocycles. The Kier molecular flexibility index (Phi) is 5.29. The molecule has 28 heavy (non-hydrogen) atoms. The molecule has 1 atom stereocenters. The van der Waals surface area contributed by atoms with Crippen molar-refractivity contribution in [1.82, 2.24) is 4.90 Å². The summed E-state index contributed by atoms with van der Waals surface area (Å²) in [5.41, 5.74) is 0.351. The fourth-order valence-electron chi connectivity index (χ4n) is 3.19. The zero-order chi connectivity index (χ0) is 19.7. The van der Waals surface area contributed by atoms with Gasteiger partial charge in [0.1, 0.15) is 15.8 Å². The van der Waals surface area contributed by atoms with Crippen molar-refractivity contribution in [3.63, 3.8) is 0 Å². The molecular weight excluding hydrogens is 400 g/mol. The summed E-state index contributed by atoms with van der Waals surface area (Å²) in [7, 11) is 0. The topological polar surface area (TPSA) is 85.8 Å². The lowest BCUT2D eigenvalue weighted by Gasteiger charge is -2.18. The van der Waals surface area contributed by atoms with Gasteiger partial charge in [0.2, 0.25) is 0 Å². The normalized spacial score (nSPS) is 21.1. The molecule has 2 aliphatic heterocycles. The van der Waals surface area contributed by atoms with Crippen LogP contribution in [-0.4, -0.2) is 39.3 Å². The highest BCUT2D eigenvalue weighted by Crippen LogP contribution is 2.35. The molecule has 0 bridgehead atoms. The van der Waals surface area contributed by atoms with Crippen LogP contribution in [0.25, 0.3) is 17.4 Å². The molecule has 144 valence electrons. The number of nitrogens with zero attached hydrogens (tertiary/aromatic N) is 2. The highest BCUT2D eigenvalue weighted by atomic mass is 32.2. The van der Waals surface area contributed by atoms with Crippen molar-refractivity contribution in [2.75, 3.05) is 13.2 Å². The van der Waals surface area contributed by atoms with Crippen LogP contribution in [-0.2, 0) is 9.53 Å². The van der Waals surface area contributed by atoms with Crippen LogP contribution < -0.4 is 0 Å². The van der Waals surface area contributed by atoms with E-state index in [9.17, 15) is 14.9 Å². The minimum absolute atomic E-state index is 0.0238. The van der Waals surface area contributed by atoms with Crippen molar-refractivity contribution >= 4 is 46.0 Å². The summed E-state index contributed by atoms with van der Waals surface area (Å²) >= 11 is 6.56. The molecule has 2 aromatic rings. The summed E-state index contributed by atoms with van der Waals surface area (Å²) in [6.07, 6.45) is 3.56. The largest absolute Gasteiger partial charge is 0.456 e. The standard InChI is InChI=1S/C19H16N2O5S2/c22-18-17(28-19(27)20(18)11-13-4-3-9-25-13)10-12-7-8-16(26-12)14-5-1-2-6-15(14)21(23)24/h1-2,5-8,10,13H,3-4,9,11H2/b17-10-/t13-/m0/s1. The molecule has 0 saturated carbocycles. The zero-order valence-electron chi connectivity index (χ0n) is 14.7. The summed E-state index contributed by atoms with van der Waals surface area (Å²) < 4.78 is 11.8. The number of rotatable bonds is 5. The van der Waals surface area contributed by atoms with Crippen molar-refractivity contribution in [2.45, 2.75) is 18.9 Å². The average molecular weight is 416 g/mol. The maximum absolute atomic E-state index is 12.7. The van der Waals surface area contributed by atoms with Gasteiger partial charge in [-0.1, -0.05) is 36.1 Å². The number of ether oxygens (including phenoxy) is 1. The van der Waals surface area contributed by atoms with Gasteiger partial charge in [-0.2, -0.15) is 0 Å². The molecule has 7 nitrogen and oxygen atoms in total. The summed E-state index contributed by atoms with van der Waals surface area (Å²) in [6.45, 7) is 1.18. The third-order valence-corrected chi connectivity index (χ3v) is 5.93. The number of furan rings is 1. The first-order valence-corrected chi connectivity index (χ1v) is 9.96. The molecule has 1 amide bonds. The monoisotopic (exact) mass is 416 g/mol. The minimum Gasteiger partial charge on any atom is -0.456 e. The molecule has 1 aromatic heterocycles. The SMILES string of the molecule is O=C1/C(=C/c2ccc(-c3ccccc3[N+](=O)[O-])o2)SC(=S)N1C[C@@H]1CCCO1. The van der Waals surface area contributed by atoms with E-state index in [2.05, 4.69) is 0 Å². The lowest BCUT2D eigenvalue weighted by Crippen LogP contribution is -2.35. The first-order valence-electron chi connectivity index (χ1n) is 8.73. The van der Waals surface area contributed by atoms with Crippen LogP contribution in [0, 0.1) is 10.1 Å². The lowest BCUT2D eigenvalue weighted by molar-refractivity contribution is -0.384. The van der Waals surface area contributed by atoms with Gasteiger partial charge in [0, 0.05) is 18.7 Å². The van der Waals surface area contributed by atoms with E-state index in [4.69, 9.17) is 21.4 Å². The van der Waals surface area contributed by atoms with Crippen LogP contribution in [0.2, 0.25) is 0 Å². The lowest BCUT2D eigenvalue weighted by atomic mass is 10.1. The molecule has 0 spiro atoms. The fraction of sp³-hybridized carbons (Fsp3) is 0.263. The molecule has 2 aliphatic rings. The van der Waals surface area contributed by atoms with Crippen LogP contribution in [0.1, 0.15) is 18.6 Å². The zero-order valence-corrected chi connectivity index (χ0v) is 16.3. The highest BCUT2D eigenvalue weighted by Gasteiger charge is 2.34. The number of nitro groups is 1. The first kappa shape index (κ1) is 18.9. The molecule has 2 saturated heterocycles. The number of amides is 1. The van der Waals surface area contributed by atoms with Gasteiger partial charge in [-0.15, -0.1) is 0 Å². The van der Waals surface area contributed by atoms with Gasteiger partial charge in [-0.25, -0.2) is 0 Å². The molecule has 0 unspecified atom stereocenters. The quantitative estimate of drug-likeness (QED) is 0.312. The van der Waals surface area contributed by atoms with Crippen molar-refractivity contribution in [2.24, 2.45) is 0 Å². The maximum Gasteiger partial charge on any atom is 0.280 e. The first-order chi connectivity index (χ1) is 13.5. The smallest absolute Gasteiger partial charge is 0.280 e. The van der Waals surface area contributed by atoms with E-state index in [-0.39, 0.29) is 17.7 Å². The van der Waals surface area contributed by atoms with Gasteiger partial charge in [0.05, 0.1) is 28.0 Å². The Morgan fingerprint density at radius 1 is 1.32 bits per heavy atom. The molecule has 9 heteroatoms. The fourth-order valence-corrected chi connectivity index (χ4v) is 4.45. The van der Waals surface area contributed by atoms with Gasteiger partial charge in [0.25, 0.3) is 11.6 Å². The minimum atomic E-state index is -0.451. The second-order valence-electron chi connectivity index (χ2n) is 6.40. The molecule has 0 radical (unpaired) electrons. The summed E-state index contributed by atoms with van der Waals surface area (Å²) in [5, 5.41) is 11.2. The molecule has 0 aliphatic carbocycles. The van der Waals surface area contributed by atoms with Gasteiger partial charge < -0.3 is 9.15 Å². The predicted molar refractivity (Wildman–Crippen MR) is 110 cm³/mol. The van der Waals surface area contributed by atoms with Gasteiger partial charge in [-0.05, 0) is 31.0 Å². The molecule has 0 N–H and O–H groups in total. The average Bonchev–Trinajstić information content (AvgIpc) is 3.41. The van der Waals surface area contributed by atoms with Gasteiger partial charge in [-0.3, -0.25) is 19.8 Å². The van der Waals surface area contributed by atoms with Crippen LogP contribution in [0.3, 0.4) is 0 Å². The number of benzene rings is 1. The molecule has 2 fully saturated rings. The number of carbonyl (C=O) groups is 1. The number of thiocarbonyl (C=S) groups is 1. The number of hydrogen-bond donors (Lipinski definition) is 0. The Morgan fingerprint density at radius 3 is 2.89 bits per heavy atom. The molecule has 3 heterocycles. The van der Waals surface area contributed by atoms with Crippen LogP contribution in [0.5, 0.6) is 0 Å². The van der Waals surface area contributed by atoms with E-state index in [1.54, 1.807) is 41.3 Å². The van der Waals surface area contributed by atoms with E-state index in [1.807, 2.05) is 0 Å². The van der Waals surface area contributed by atoms with E-state index < -0.39 is 4.92 Å². The van der Waals surface area contributed by atoms with Crippen molar-refractivity contribution in [3.05, 3.63) is 57.2 Å². The van der Waals surface area contributed by atoms with E-state index in [1.165, 1.54) is 17.8 Å². The predicted octanol–water partition coefficient (Wildman–Crippen LogP) is 4.24. The van der Waals surface area contributed by atoms with Crippen LogP contribution in [0.15, 0.2) is 45.7 Å². The third-order valence-electron chi connectivity index (χ3n) is 4.55. The Hall–Kier alpha value is -2.49. The van der Waals surface area contributed by atoms with E-state index in [0.717, 1.165) is 19.4 Å². The number of nitro benzene ring substituents is 1. The third kappa shape index (κ3) is 3.73. The molecular formula is C19H16N2O5S2. The van der Waals surface area contributed by atoms with Crippen LogP contribution in [0.4, 0.5) is 5.69 Å². The van der Waals surface area contributed by atoms with Crippen molar-refractivity contribution in [3.8, 4) is 11.3 Å². The summed E-state index contributed by atoms with van der Waals surface area (Å²) in [6, 6.07) is 9.70. The summed E-state index contributed by atoms with van der Waals surface area (Å²) in [5.74, 6) is 0.633. The number of thioether (sulfide) groups is 1. The number of carbonyl (C=O) groups excluding carboxylic acids is 1. The maximum atomic E-state index is 12.7. The van der Waals surface area contributed by atoms with Gasteiger partial charge in [0.15, 0.2) is 0 Å². The number of para-hydroxylation sites is 1. The van der Waals surface area contributed by atoms with Crippen molar-refractivity contribution in [1.29, 1.82) is 0 Å². The van der Waals surface area contributed by atoms with Crippen LogP contribution >= 0.6 is 24.0 Å². The highest BCUT2D eigenvalue weighted by molar-refractivity contribution is 8.26. The Balaban J connectivity index is 1.55. The van der Waals surface area contributed by atoms with E-state index >= 15 is 0 Å². The Labute approximate surface area is 170 Å². The molecule has 4 rings (SSSR count). The van der Waals surface area contributed by atoms with E-state index in [0.29, 0.717) is 32.9 Å².